The maximum atomic E-state index is 13.1. The Morgan fingerprint density at radius 2 is 2.14 bits per heavy atom. The van der Waals surface area contributed by atoms with E-state index < -0.39 is 11.7 Å². The van der Waals surface area contributed by atoms with Gasteiger partial charge in [-0.3, -0.25) is 4.79 Å². The highest BCUT2D eigenvalue weighted by atomic mass is 35.5. The molecule has 1 aromatic carbocycles. The lowest BCUT2D eigenvalue weighted by Gasteiger charge is -2.10. The maximum Gasteiger partial charge on any atom is 0.257 e. The van der Waals surface area contributed by atoms with Crippen LogP contribution in [0.25, 0.3) is 0 Å². The zero-order chi connectivity index (χ0) is 15.4. The smallest absolute Gasteiger partial charge is 0.257 e. The quantitative estimate of drug-likeness (QED) is 0.910. The molecule has 0 spiro atoms. The molecule has 0 aliphatic carbocycles. The monoisotopic (exact) mass is 309 g/mol. The Morgan fingerprint density at radius 3 is 2.76 bits per heavy atom. The number of halogens is 2. The van der Waals surface area contributed by atoms with Gasteiger partial charge < -0.3 is 15.4 Å². The molecule has 21 heavy (non-hydrogen) atoms. The summed E-state index contributed by atoms with van der Waals surface area (Å²) in [5.74, 6) is -0.160. The highest BCUT2D eigenvalue weighted by molar-refractivity contribution is 6.33. The lowest BCUT2D eigenvalue weighted by Crippen LogP contribution is -2.13. The average Bonchev–Trinajstić information content (AvgIpc) is 2.48. The lowest BCUT2D eigenvalue weighted by atomic mass is 10.2. The second-order valence-corrected chi connectivity index (χ2v) is 4.51. The first-order chi connectivity index (χ1) is 10.0. The van der Waals surface area contributed by atoms with Crippen LogP contribution in [0, 0.1) is 5.82 Å². The molecule has 5 nitrogen and oxygen atoms in total. The molecule has 0 unspecified atom stereocenters. The maximum absolute atomic E-state index is 13.1. The van der Waals surface area contributed by atoms with Crippen LogP contribution in [0.4, 0.5) is 15.9 Å². The van der Waals surface area contributed by atoms with Crippen LogP contribution < -0.4 is 15.4 Å². The summed E-state index contributed by atoms with van der Waals surface area (Å²) in [6, 6.07) is 5.33. The number of rotatable bonds is 4. The van der Waals surface area contributed by atoms with Gasteiger partial charge in [-0.15, -0.1) is 0 Å². The third kappa shape index (κ3) is 3.41. The van der Waals surface area contributed by atoms with E-state index in [9.17, 15) is 9.18 Å². The first kappa shape index (κ1) is 15.1. The van der Waals surface area contributed by atoms with E-state index in [0.29, 0.717) is 16.5 Å². The zero-order valence-electron chi connectivity index (χ0n) is 11.4. The lowest BCUT2D eigenvalue weighted by molar-refractivity contribution is 0.102. The summed E-state index contributed by atoms with van der Waals surface area (Å²) in [5, 5.41) is 5.75. The number of amides is 1. The van der Waals surface area contributed by atoms with Gasteiger partial charge in [-0.25, -0.2) is 9.37 Å². The van der Waals surface area contributed by atoms with Crippen LogP contribution in [0.5, 0.6) is 5.75 Å². The summed E-state index contributed by atoms with van der Waals surface area (Å²) >= 11 is 5.98. The largest absolute Gasteiger partial charge is 0.494 e. The summed E-state index contributed by atoms with van der Waals surface area (Å²) in [7, 11) is 3.07. The van der Waals surface area contributed by atoms with Crippen molar-refractivity contribution in [1.82, 2.24) is 4.98 Å². The summed E-state index contributed by atoms with van der Waals surface area (Å²) in [6.45, 7) is 0. The number of carbonyl (C=O) groups excluding carboxylic acids is 1. The molecule has 1 amide bonds. The molecule has 2 N–H and O–H groups in total. The Hall–Kier alpha value is -2.34. The van der Waals surface area contributed by atoms with Crippen molar-refractivity contribution in [1.29, 1.82) is 0 Å². The van der Waals surface area contributed by atoms with Gasteiger partial charge in [0.15, 0.2) is 0 Å². The number of aromatic nitrogens is 1. The van der Waals surface area contributed by atoms with Crippen LogP contribution in [0.2, 0.25) is 5.02 Å². The van der Waals surface area contributed by atoms with Gasteiger partial charge in [0.2, 0.25) is 0 Å². The minimum atomic E-state index is -0.451. The standard InChI is InChI=1S/C14H13ClFN3O2/c1-17-13-10(15)5-8(7-18-13)14(20)19-11-4-3-9(16)6-12(11)21-2/h3-7H,1-2H3,(H,17,18)(H,19,20). The number of methoxy groups -OCH3 is 1. The van der Waals surface area contributed by atoms with Crippen LogP contribution in [0.1, 0.15) is 10.4 Å². The van der Waals surface area contributed by atoms with Crippen molar-refractivity contribution in [2.45, 2.75) is 0 Å². The van der Waals surface area contributed by atoms with E-state index in [0.717, 1.165) is 0 Å². The van der Waals surface area contributed by atoms with Crippen molar-refractivity contribution in [2.24, 2.45) is 0 Å². The Morgan fingerprint density at radius 1 is 1.38 bits per heavy atom. The Kier molecular flexibility index (Phi) is 4.59. The SMILES string of the molecule is CNc1ncc(C(=O)Nc2ccc(F)cc2OC)cc1Cl. The number of nitrogens with zero attached hydrogens (tertiary/aromatic N) is 1. The molecule has 1 aromatic heterocycles. The van der Waals surface area contributed by atoms with Crippen molar-refractivity contribution >= 4 is 29.0 Å². The Balaban J connectivity index is 2.24. The van der Waals surface area contributed by atoms with E-state index in [-0.39, 0.29) is 11.3 Å². The second kappa shape index (κ2) is 6.41. The summed E-state index contributed by atoms with van der Waals surface area (Å²) in [6.07, 6.45) is 1.39. The van der Waals surface area contributed by atoms with Crippen LogP contribution in [0.15, 0.2) is 30.5 Å². The molecule has 110 valence electrons. The molecule has 0 aliphatic rings. The minimum absolute atomic E-state index is 0.231. The van der Waals surface area contributed by atoms with Gasteiger partial charge in [-0.05, 0) is 18.2 Å². The minimum Gasteiger partial charge on any atom is -0.494 e. The molecule has 0 fully saturated rings. The number of nitrogens with one attached hydrogen (secondary N) is 2. The van der Waals surface area contributed by atoms with Crippen molar-refractivity contribution in [3.8, 4) is 5.75 Å². The third-order valence-electron chi connectivity index (χ3n) is 2.75. The van der Waals surface area contributed by atoms with E-state index in [1.807, 2.05) is 0 Å². The Labute approximate surface area is 126 Å². The fraction of sp³-hybridized carbons (Fsp3) is 0.143. The third-order valence-corrected chi connectivity index (χ3v) is 3.04. The van der Waals surface area contributed by atoms with E-state index >= 15 is 0 Å². The van der Waals surface area contributed by atoms with Gasteiger partial charge in [0.05, 0.1) is 23.4 Å². The molecule has 0 bridgehead atoms. The molecule has 1 heterocycles. The zero-order valence-corrected chi connectivity index (χ0v) is 12.2. The fourth-order valence-corrected chi connectivity index (χ4v) is 1.97. The highest BCUT2D eigenvalue weighted by Crippen LogP contribution is 2.26. The van der Waals surface area contributed by atoms with Crippen molar-refractivity contribution in [3.63, 3.8) is 0 Å². The number of pyridine rings is 1. The number of hydrogen-bond acceptors (Lipinski definition) is 4. The van der Waals surface area contributed by atoms with E-state index in [4.69, 9.17) is 16.3 Å². The molecular weight excluding hydrogens is 297 g/mol. The summed E-state index contributed by atoms with van der Waals surface area (Å²) in [4.78, 5) is 16.2. The van der Waals surface area contributed by atoms with Crippen LogP contribution in [0.3, 0.4) is 0 Å². The normalized spacial score (nSPS) is 10.1. The van der Waals surface area contributed by atoms with Crippen LogP contribution in [-0.4, -0.2) is 25.0 Å². The predicted molar refractivity (Wildman–Crippen MR) is 79.7 cm³/mol. The Bertz CT molecular complexity index is 679. The number of hydrogen-bond donors (Lipinski definition) is 2. The molecule has 2 rings (SSSR count). The van der Waals surface area contributed by atoms with Gasteiger partial charge in [-0.1, -0.05) is 11.6 Å². The molecule has 2 aromatic rings. The number of ether oxygens (including phenoxy) is 1. The fourth-order valence-electron chi connectivity index (χ4n) is 1.71. The number of carbonyl (C=O) groups is 1. The molecular formula is C14H13ClFN3O2. The van der Waals surface area contributed by atoms with Gasteiger partial charge in [0, 0.05) is 19.3 Å². The summed E-state index contributed by atoms with van der Waals surface area (Å²) in [5.41, 5.74) is 0.642. The molecule has 0 radical (unpaired) electrons. The number of anilines is 2. The molecule has 7 heteroatoms. The van der Waals surface area contributed by atoms with Crippen LogP contribution >= 0.6 is 11.6 Å². The topological polar surface area (TPSA) is 63.2 Å². The van der Waals surface area contributed by atoms with E-state index in [1.54, 1.807) is 7.05 Å². The second-order valence-electron chi connectivity index (χ2n) is 4.10. The van der Waals surface area contributed by atoms with Gasteiger partial charge in [-0.2, -0.15) is 0 Å². The highest BCUT2D eigenvalue weighted by Gasteiger charge is 2.12. The summed E-state index contributed by atoms with van der Waals surface area (Å²) < 4.78 is 18.1. The molecule has 0 aliphatic heterocycles. The van der Waals surface area contributed by atoms with Crippen LogP contribution in [-0.2, 0) is 0 Å². The van der Waals surface area contributed by atoms with Gasteiger partial charge in [0.25, 0.3) is 5.91 Å². The van der Waals surface area contributed by atoms with E-state index in [2.05, 4.69) is 15.6 Å². The molecule has 0 atom stereocenters. The first-order valence-electron chi connectivity index (χ1n) is 6.03. The van der Waals surface area contributed by atoms with Gasteiger partial charge in [0.1, 0.15) is 17.4 Å². The first-order valence-corrected chi connectivity index (χ1v) is 6.41. The predicted octanol–water partition coefficient (Wildman–Crippen LogP) is 3.18. The van der Waals surface area contributed by atoms with Crippen molar-refractivity contribution in [2.75, 3.05) is 24.8 Å². The van der Waals surface area contributed by atoms with Crippen molar-refractivity contribution in [3.05, 3.63) is 46.9 Å². The van der Waals surface area contributed by atoms with Gasteiger partial charge >= 0.3 is 0 Å². The number of benzene rings is 1. The average molecular weight is 310 g/mol. The molecule has 0 saturated heterocycles. The van der Waals surface area contributed by atoms with Crippen molar-refractivity contribution < 1.29 is 13.9 Å². The van der Waals surface area contributed by atoms with E-state index in [1.165, 1.54) is 37.6 Å². The molecule has 0 saturated carbocycles.